The summed E-state index contributed by atoms with van der Waals surface area (Å²) in [6, 6.07) is 17.0. The fraction of sp³-hybridized carbons (Fsp3) is 0.321. The van der Waals surface area contributed by atoms with Gasteiger partial charge in [-0.15, -0.1) is 0 Å². The van der Waals surface area contributed by atoms with E-state index in [-0.39, 0.29) is 13.0 Å². The smallest absolute Gasteiger partial charge is 0.417 e. The number of pyridine rings is 1. The Morgan fingerprint density at radius 2 is 1.48 bits per heavy atom. The molecule has 0 atom stereocenters. The second-order valence-corrected chi connectivity index (χ2v) is 8.12. The zero-order valence-electron chi connectivity index (χ0n) is 21.9. The Kier molecular flexibility index (Phi) is 13.7. The molecule has 1 aromatic heterocycles. The molecule has 0 fully saturated rings. The minimum absolute atomic E-state index is 0.0501. The van der Waals surface area contributed by atoms with Crippen LogP contribution in [0.5, 0.6) is 0 Å². The lowest BCUT2D eigenvalue weighted by atomic mass is 10.1. The number of halogens is 6. The van der Waals surface area contributed by atoms with Crippen molar-refractivity contribution in [2.24, 2.45) is 0 Å². The summed E-state index contributed by atoms with van der Waals surface area (Å²) in [5.74, 6) is -1.66. The average molecular weight is 573 g/mol. The van der Waals surface area contributed by atoms with E-state index in [0.29, 0.717) is 17.7 Å². The van der Waals surface area contributed by atoms with E-state index in [1.165, 1.54) is 6.07 Å². The van der Waals surface area contributed by atoms with Crippen molar-refractivity contribution in [1.29, 1.82) is 0 Å². The highest BCUT2D eigenvalue weighted by Crippen LogP contribution is 2.28. The van der Waals surface area contributed by atoms with Crippen molar-refractivity contribution in [1.82, 2.24) is 4.57 Å². The monoisotopic (exact) mass is 572 g/mol. The number of nitrogens with one attached hydrogen (secondary N) is 1. The summed E-state index contributed by atoms with van der Waals surface area (Å²) in [6.07, 6.45) is -9.52. The molecular formula is C28H30F6N2O4. The van der Waals surface area contributed by atoms with Gasteiger partial charge in [0, 0.05) is 30.8 Å². The number of aromatic nitrogens is 1. The van der Waals surface area contributed by atoms with Gasteiger partial charge in [0.1, 0.15) is 0 Å². The van der Waals surface area contributed by atoms with Gasteiger partial charge in [-0.2, -0.15) is 26.3 Å². The maximum absolute atomic E-state index is 12.5. The predicted octanol–water partition coefficient (Wildman–Crippen LogP) is 6.93. The summed E-state index contributed by atoms with van der Waals surface area (Å²) >= 11 is 0. The van der Waals surface area contributed by atoms with Crippen LogP contribution in [0.2, 0.25) is 0 Å². The highest BCUT2D eigenvalue weighted by Gasteiger charge is 2.31. The quantitative estimate of drug-likeness (QED) is 0.287. The number of rotatable bonds is 8. The Balaban J connectivity index is 0.000000378. The molecule has 3 aromatic rings. The number of carboxylic acids is 1. The Morgan fingerprint density at radius 1 is 0.850 bits per heavy atom. The molecule has 2 N–H and O–H groups in total. The predicted molar refractivity (Wildman–Crippen MR) is 139 cm³/mol. The van der Waals surface area contributed by atoms with Crippen molar-refractivity contribution in [3.05, 3.63) is 100.0 Å². The lowest BCUT2D eigenvalue weighted by Gasteiger charge is -2.10. The summed E-state index contributed by atoms with van der Waals surface area (Å²) in [5, 5.41) is 10.9. The third-order valence-electron chi connectivity index (χ3n) is 4.98. The van der Waals surface area contributed by atoms with E-state index in [0.717, 1.165) is 28.5 Å². The molecular weight excluding hydrogens is 542 g/mol. The van der Waals surface area contributed by atoms with Gasteiger partial charge in [-0.25, -0.2) is 0 Å². The Bertz CT molecular complexity index is 1270. The Labute approximate surface area is 227 Å². The standard InChI is InChI=1S/C13H14F3NO3.C13H10F3NO.C2H6/c14-13(15,16)7-6-11(18)17-10-3-1-2-9(8-10)4-5-12(19)20;14-13(15,16)11-6-7-12(18)17(9-11)8-10-4-2-1-3-5-10;1-2/h1-3,8H,4-7H2,(H,17,18)(H,19,20);1-7,9H,8H2;1-2H3. The number of carbonyl (C=O) groups excluding carboxylic acids is 1. The highest BCUT2D eigenvalue weighted by atomic mass is 19.4. The van der Waals surface area contributed by atoms with Gasteiger partial charge in [-0.1, -0.05) is 56.3 Å². The van der Waals surface area contributed by atoms with Crippen molar-refractivity contribution in [3.63, 3.8) is 0 Å². The molecule has 0 bridgehead atoms. The van der Waals surface area contributed by atoms with Crippen molar-refractivity contribution in [3.8, 4) is 0 Å². The number of aryl methyl sites for hydroxylation is 1. The second kappa shape index (κ2) is 16.1. The van der Waals surface area contributed by atoms with Gasteiger partial charge < -0.3 is 15.0 Å². The second-order valence-electron chi connectivity index (χ2n) is 8.12. The number of hydrogen-bond donors (Lipinski definition) is 2. The van der Waals surface area contributed by atoms with E-state index in [1.807, 2.05) is 13.8 Å². The molecule has 0 aliphatic carbocycles. The first kappa shape index (κ1) is 33.9. The van der Waals surface area contributed by atoms with Crippen LogP contribution in [0.4, 0.5) is 32.0 Å². The summed E-state index contributed by atoms with van der Waals surface area (Å²) in [4.78, 5) is 33.3. The van der Waals surface area contributed by atoms with Gasteiger partial charge in [0.15, 0.2) is 0 Å². The number of carboxylic acid groups (broad SMARTS) is 1. The summed E-state index contributed by atoms with van der Waals surface area (Å²) in [6.45, 7) is 4.13. The summed E-state index contributed by atoms with van der Waals surface area (Å²) in [7, 11) is 0. The molecule has 1 heterocycles. The van der Waals surface area contributed by atoms with Gasteiger partial charge in [-0.3, -0.25) is 14.4 Å². The zero-order chi connectivity index (χ0) is 30.3. The van der Waals surface area contributed by atoms with Crippen LogP contribution in [0.3, 0.4) is 0 Å². The fourth-order valence-electron chi connectivity index (χ4n) is 3.14. The van der Waals surface area contributed by atoms with Crippen LogP contribution in [-0.4, -0.2) is 27.7 Å². The van der Waals surface area contributed by atoms with Gasteiger partial charge in [-0.05, 0) is 35.7 Å². The number of nitrogens with zero attached hydrogens (tertiary/aromatic N) is 1. The third kappa shape index (κ3) is 13.6. The van der Waals surface area contributed by atoms with Crippen LogP contribution in [0.1, 0.15) is 49.8 Å². The summed E-state index contributed by atoms with van der Waals surface area (Å²) in [5.41, 5.74) is 0.560. The highest BCUT2D eigenvalue weighted by molar-refractivity contribution is 5.90. The molecule has 6 nitrogen and oxygen atoms in total. The SMILES string of the molecule is CC.O=C(O)CCc1cccc(NC(=O)CCC(F)(F)F)c1.O=c1ccc(C(F)(F)F)cn1Cc1ccccc1. The topological polar surface area (TPSA) is 88.4 Å². The number of amides is 1. The molecule has 2 aromatic carbocycles. The van der Waals surface area contributed by atoms with E-state index < -0.39 is 48.2 Å². The lowest BCUT2D eigenvalue weighted by Crippen LogP contribution is -2.21. The molecule has 0 aliphatic heterocycles. The molecule has 218 valence electrons. The van der Waals surface area contributed by atoms with Crippen LogP contribution in [0.15, 0.2) is 77.7 Å². The van der Waals surface area contributed by atoms with Crippen molar-refractivity contribution in [2.75, 3.05) is 5.32 Å². The van der Waals surface area contributed by atoms with E-state index in [9.17, 15) is 40.7 Å². The molecule has 0 aliphatic rings. The molecule has 0 spiro atoms. The van der Waals surface area contributed by atoms with Gasteiger partial charge in [0.2, 0.25) is 5.91 Å². The lowest BCUT2D eigenvalue weighted by molar-refractivity contribution is -0.142. The Hall–Kier alpha value is -4.09. The number of anilines is 1. The van der Waals surface area contributed by atoms with Crippen LogP contribution < -0.4 is 10.9 Å². The molecule has 12 heteroatoms. The van der Waals surface area contributed by atoms with Crippen LogP contribution in [-0.2, 0) is 28.7 Å². The van der Waals surface area contributed by atoms with Crippen molar-refractivity contribution in [2.45, 2.75) is 58.4 Å². The van der Waals surface area contributed by atoms with Gasteiger partial charge in [0.25, 0.3) is 5.56 Å². The third-order valence-corrected chi connectivity index (χ3v) is 4.98. The molecule has 3 rings (SSSR count). The maximum Gasteiger partial charge on any atom is 0.417 e. The maximum atomic E-state index is 12.5. The van der Waals surface area contributed by atoms with E-state index >= 15 is 0 Å². The molecule has 0 saturated carbocycles. The van der Waals surface area contributed by atoms with E-state index in [4.69, 9.17) is 5.11 Å². The minimum atomic E-state index is -4.44. The number of benzene rings is 2. The Morgan fingerprint density at radius 3 is 2.05 bits per heavy atom. The molecule has 1 amide bonds. The van der Waals surface area contributed by atoms with Crippen LogP contribution in [0.25, 0.3) is 0 Å². The van der Waals surface area contributed by atoms with E-state index in [1.54, 1.807) is 48.5 Å². The first-order valence-electron chi connectivity index (χ1n) is 12.2. The average Bonchev–Trinajstić information content (AvgIpc) is 2.89. The zero-order valence-corrected chi connectivity index (χ0v) is 21.9. The number of aliphatic carboxylic acids is 1. The van der Waals surface area contributed by atoms with E-state index in [2.05, 4.69) is 5.32 Å². The minimum Gasteiger partial charge on any atom is -0.481 e. The number of alkyl halides is 6. The molecule has 0 saturated heterocycles. The fourth-order valence-corrected chi connectivity index (χ4v) is 3.14. The van der Waals surface area contributed by atoms with Gasteiger partial charge >= 0.3 is 18.3 Å². The van der Waals surface area contributed by atoms with Gasteiger partial charge in [0.05, 0.1) is 18.5 Å². The first-order valence-corrected chi connectivity index (χ1v) is 12.2. The van der Waals surface area contributed by atoms with Crippen molar-refractivity contribution < 1.29 is 41.0 Å². The number of carbonyl (C=O) groups is 2. The van der Waals surface area contributed by atoms with Crippen LogP contribution >= 0.6 is 0 Å². The molecule has 0 unspecified atom stereocenters. The van der Waals surface area contributed by atoms with Crippen molar-refractivity contribution >= 4 is 17.6 Å². The summed E-state index contributed by atoms with van der Waals surface area (Å²) < 4.78 is 74.5. The molecule has 0 radical (unpaired) electrons. The normalized spacial score (nSPS) is 10.9. The largest absolute Gasteiger partial charge is 0.481 e. The molecule has 40 heavy (non-hydrogen) atoms. The number of hydrogen-bond acceptors (Lipinski definition) is 3. The first-order chi connectivity index (χ1) is 18.7. The van der Waals surface area contributed by atoms with Crippen LogP contribution in [0, 0.1) is 0 Å².